The average molecular weight is 423 g/mol. The molecule has 2 aromatic rings. The zero-order valence-electron chi connectivity index (χ0n) is 16.6. The van der Waals surface area contributed by atoms with E-state index in [1.54, 1.807) is 0 Å². The number of halogens is 1. The lowest BCUT2D eigenvalue weighted by Crippen LogP contribution is -2.33. The van der Waals surface area contributed by atoms with E-state index in [-0.39, 0.29) is 5.91 Å². The summed E-state index contributed by atoms with van der Waals surface area (Å²) in [6.07, 6.45) is 4.59. The Balaban J connectivity index is 1.57. The highest BCUT2D eigenvalue weighted by Gasteiger charge is 2.18. The van der Waals surface area contributed by atoms with E-state index in [4.69, 9.17) is 16.3 Å². The predicted octanol–water partition coefficient (Wildman–Crippen LogP) is 4.30. The Morgan fingerprint density at radius 2 is 1.96 bits per heavy atom. The molecule has 1 fully saturated rings. The normalized spacial score (nSPS) is 14.4. The van der Waals surface area contributed by atoms with Gasteiger partial charge in [-0.2, -0.15) is 0 Å². The molecule has 28 heavy (non-hydrogen) atoms. The molecule has 1 saturated carbocycles. The summed E-state index contributed by atoms with van der Waals surface area (Å²) in [5.74, 6) is 1.92. The third-order valence-corrected chi connectivity index (χ3v) is 6.50. The SMILES string of the molecule is CCn1c(COc2cc(C)c(Cl)c(C)c2)nnc1SCC(=O)NC1CCCC1. The third-order valence-electron chi connectivity index (χ3n) is 4.94. The maximum absolute atomic E-state index is 12.2. The van der Waals surface area contributed by atoms with Crippen molar-refractivity contribution in [3.8, 4) is 5.75 Å². The second-order valence-electron chi connectivity index (χ2n) is 7.14. The van der Waals surface area contributed by atoms with Gasteiger partial charge in [-0.1, -0.05) is 36.2 Å². The quantitative estimate of drug-likeness (QED) is 0.642. The summed E-state index contributed by atoms with van der Waals surface area (Å²) >= 11 is 7.63. The van der Waals surface area contributed by atoms with Gasteiger partial charge in [0, 0.05) is 17.6 Å². The monoisotopic (exact) mass is 422 g/mol. The second kappa shape index (κ2) is 9.65. The Kier molecular flexibility index (Phi) is 7.24. The number of hydrogen-bond donors (Lipinski definition) is 1. The van der Waals surface area contributed by atoms with Crippen LogP contribution >= 0.6 is 23.4 Å². The maximum Gasteiger partial charge on any atom is 0.230 e. The van der Waals surface area contributed by atoms with Gasteiger partial charge >= 0.3 is 0 Å². The van der Waals surface area contributed by atoms with Crippen LogP contribution in [0.5, 0.6) is 5.75 Å². The van der Waals surface area contributed by atoms with Gasteiger partial charge in [0.15, 0.2) is 11.0 Å². The van der Waals surface area contributed by atoms with Gasteiger partial charge < -0.3 is 14.6 Å². The fraction of sp³-hybridized carbons (Fsp3) is 0.550. The Morgan fingerprint density at radius 3 is 2.61 bits per heavy atom. The van der Waals surface area contributed by atoms with Crippen molar-refractivity contribution in [2.24, 2.45) is 0 Å². The van der Waals surface area contributed by atoms with Crippen molar-refractivity contribution in [1.82, 2.24) is 20.1 Å². The lowest BCUT2D eigenvalue weighted by atomic mass is 10.1. The van der Waals surface area contributed by atoms with Crippen LogP contribution < -0.4 is 10.1 Å². The van der Waals surface area contributed by atoms with Crippen molar-refractivity contribution in [2.45, 2.75) is 70.8 Å². The minimum atomic E-state index is 0.0625. The minimum absolute atomic E-state index is 0.0625. The van der Waals surface area contributed by atoms with Crippen molar-refractivity contribution in [2.75, 3.05) is 5.75 Å². The minimum Gasteiger partial charge on any atom is -0.486 e. The number of hydrogen-bond acceptors (Lipinski definition) is 5. The molecule has 1 aromatic carbocycles. The largest absolute Gasteiger partial charge is 0.486 e. The van der Waals surface area contributed by atoms with Crippen molar-refractivity contribution < 1.29 is 9.53 Å². The van der Waals surface area contributed by atoms with Gasteiger partial charge in [-0.25, -0.2) is 0 Å². The highest BCUT2D eigenvalue weighted by molar-refractivity contribution is 7.99. The van der Waals surface area contributed by atoms with Gasteiger partial charge in [-0.3, -0.25) is 4.79 Å². The van der Waals surface area contributed by atoms with Crippen LogP contribution in [-0.2, 0) is 17.9 Å². The molecule has 0 aliphatic heterocycles. The molecule has 0 atom stereocenters. The third kappa shape index (κ3) is 5.20. The first-order valence-electron chi connectivity index (χ1n) is 9.71. The highest BCUT2D eigenvalue weighted by Crippen LogP contribution is 2.26. The molecule has 1 heterocycles. The topological polar surface area (TPSA) is 69.0 Å². The molecule has 8 heteroatoms. The summed E-state index contributed by atoms with van der Waals surface area (Å²) in [4.78, 5) is 12.2. The van der Waals surface area contributed by atoms with Gasteiger partial charge in [-0.05, 0) is 56.9 Å². The van der Waals surface area contributed by atoms with Crippen molar-refractivity contribution >= 4 is 29.3 Å². The first-order valence-corrected chi connectivity index (χ1v) is 11.1. The zero-order valence-corrected chi connectivity index (χ0v) is 18.2. The lowest BCUT2D eigenvalue weighted by Gasteiger charge is -2.12. The van der Waals surface area contributed by atoms with Gasteiger partial charge in [0.1, 0.15) is 12.4 Å². The number of nitrogens with zero attached hydrogens (tertiary/aromatic N) is 3. The van der Waals surface area contributed by atoms with Crippen LogP contribution in [-0.4, -0.2) is 32.5 Å². The van der Waals surface area contributed by atoms with E-state index in [0.29, 0.717) is 18.4 Å². The highest BCUT2D eigenvalue weighted by atomic mass is 35.5. The van der Waals surface area contributed by atoms with Crippen LogP contribution in [0.2, 0.25) is 5.02 Å². The Labute approximate surface area is 175 Å². The molecule has 1 aliphatic rings. The van der Waals surface area contributed by atoms with Crippen LogP contribution in [0.25, 0.3) is 0 Å². The van der Waals surface area contributed by atoms with Crippen molar-refractivity contribution in [1.29, 1.82) is 0 Å². The van der Waals surface area contributed by atoms with Crippen LogP contribution in [0.15, 0.2) is 17.3 Å². The summed E-state index contributed by atoms with van der Waals surface area (Å²) < 4.78 is 7.90. The van der Waals surface area contributed by atoms with Gasteiger partial charge in [0.25, 0.3) is 0 Å². The van der Waals surface area contributed by atoms with E-state index in [0.717, 1.165) is 52.3 Å². The molecule has 1 amide bonds. The Hall–Kier alpha value is -1.73. The van der Waals surface area contributed by atoms with Crippen LogP contribution in [0, 0.1) is 13.8 Å². The number of benzene rings is 1. The molecule has 0 saturated heterocycles. The van der Waals surface area contributed by atoms with E-state index in [1.165, 1.54) is 24.6 Å². The van der Waals surface area contributed by atoms with Crippen LogP contribution in [0.3, 0.4) is 0 Å². The molecule has 3 rings (SSSR count). The molecule has 0 unspecified atom stereocenters. The number of amides is 1. The van der Waals surface area contributed by atoms with Crippen LogP contribution in [0.1, 0.15) is 49.6 Å². The average Bonchev–Trinajstić information content (AvgIpc) is 3.31. The van der Waals surface area contributed by atoms with E-state index in [9.17, 15) is 4.79 Å². The summed E-state index contributed by atoms with van der Waals surface area (Å²) in [5.41, 5.74) is 1.97. The van der Waals surface area contributed by atoms with Gasteiger partial charge in [0.05, 0.1) is 5.75 Å². The van der Waals surface area contributed by atoms with Crippen LogP contribution in [0.4, 0.5) is 0 Å². The number of aryl methyl sites for hydroxylation is 2. The number of carbonyl (C=O) groups excluding carboxylic acids is 1. The first kappa shape index (κ1) is 21.0. The van der Waals surface area contributed by atoms with E-state index < -0.39 is 0 Å². The standard InChI is InChI=1S/C20H27ClN4O2S/c1-4-25-17(11-27-16-9-13(2)19(21)14(3)10-16)23-24-20(25)28-12-18(26)22-15-7-5-6-8-15/h9-10,15H,4-8,11-12H2,1-3H3,(H,22,26). The number of rotatable bonds is 8. The number of carbonyl (C=O) groups is 1. The number of thioether (sulfide) groups is 1. The molecular formula is C20H27ClN4O2S. The molecule has 1 aliphatic carbocycles. The molecular weight excluding hydrogens is 396 g/mol. The number of nitrogens with one attached hydrogen (secondary N) is 1. The lowest BCUT2D eigenvalue weighted by molar-refractivity contribution is -0.119. The maximum atomic E-state index is 12.2. The molecule has 0 radical (unpaired) electrons. The zero-order chi connectivity index (χ0) is 20.1. The second-order valence-corrected chi connectivity index (χ2v) is 8.46. The fourth-order valence-electron chi connectivity index (χ4n) is 3.46. The van der Waals surface area contributed by atoms with E-state index in [2.05, 4.69) is 15.5 Å². The van der Waals surface area contributed by atoms with E-state index in [1.807, 2.05) is 37.5 Å². The molecule has 1 N–H and O–H groups in total. The number of aromatic nitrogens is 3. The summed E-state index contributed by atoms with van der Waals surface area (Å²) in [7, 11) is 0. The smallest absolute Gasteiger partial charge is 0.230 e. The summed E-state index contributed by atoms with van der Waals surface area (Å²) in [6, 6.07) is 4.18. The summed E-state index contributed by atoms with van der Waals surface area (Å²) in [5, 5.41) is 13.1. The van der Waals surface area contributed by atoms with Crippen molar-refractivity contribution in [3.05, 3.63) is 34.1 Å². The fourth-order valence-corrected chi connectivity index (χ4v) is 4.40. The van der Waals surface area contributed by atoms with E-state index >= 15 is 0 Å². The Morgan fingerprint density at radius 1 is 1.29 bits per heavy atom. The Bertz CT molecular complexity index is 811. The molecule has 0 spiro atoms. The summed E-state index contributed by atoms with van der Waals surface area (Å²) in [6.45, 7) is 6.99. The molecule has 0 bridgehead atoms. The first-order chi connectivity index (χ1) is 13.5. The van der Waals surface area contributed by atoms with Crippen molar-refractivity contribution in [3.63, 3.8) is 0 Å². The predicted molar refractivity (Wildman–Crippen MR) is 112 cm³/mol. The number of ether oxygens (including phenoxy) is 1. The molecule has 152 valence electrons. The van der Waals surface area contributed by atoms with Gasteiger partial charge in [-0.15, -0.1) is 10.2 Å². The van der Waals surface area contributed by atoms with Gasteiger partial charge in [0.2, 0.25) is 5.91 Å². The molecule has 6 nitrogen and oxygen atoms in total. The molecule has 1 aromatic heterocycles.